The van der Waals surface area contributed by atoms with E-state index in [1.807, 2.05) is 19.1 Å². The number of hydrogen-bond donors (Lipinski definition) is 1. The van der Waals surface area contributed by atoms with Gasteiger partial charge in [-0.1, -0.05) is 25.1 Å². The molecule has 0 aliphatic heterocycles. The second-order valence-corrected chi connectivity index (χ2v) is 5.54. The molecule has 82 valence electrons. The van der Waals surface area contributed by atoms with Gasteiger partial charge in [0.05, 0.1) is 4.90 Å². The van der Waals surface area contributed by atoms with Crippen LogP contribution in [0.1, 0.15) is 25.3 Å². The van der Waals surface area contributed by atoms with Crippen molar-refractivity contribution in [3.8, 4) is 0 Å². The largest absolute Gasteiger partial charge is 0.241 e. The van der Waals surface area contributed by atoms with Crippen molar-refractivity contribution in [1.29, 1.82) is 0 Å². The van der Waals surface area contributed by atoms with Crippen LogP contribution in [0.3, 0.4) is 0 Å². The molecule has 3 nitrogen and oxygen atoms in total. The maximum absolute atomic E-state index is 12.0. The van der Waals surface area contributed by atoms with Gasteiger partial charge in [0.25, 0.3) is 0 Å². The van der Waals surface area contributed by atoms with Gasteiger partial charge in [0.2, 0.25) is 10.0 Å². The number of sulfonamides is 1. The topological polar surface area (TPSA) is 46.2 Å². The second-order valence-electron chi connectivity index (χ2n) is 3.86. The van der Waals surface area contributed by atoms with Gasteiger partial charge in [0.15, 0.2) is 0 Å². The molecule has 0 heterocycles. The van der Waals surface area contributed by atoms with Crippen LogP contribution in [0.5, 0.6) is 0 Å². The van der Waals surface area contributed by atoms with E-state index in [0.29, 0.717) is 4.90 Å². The maximum atomic E-state index is 12.0. The second kappa shape index (κ2) is 3.94. The number of rotatable bonds is 4. The smallest absolute Gasteiger partial charge is 0.208 e. The Morgan fingerprint density at radius 2 is 2.00 bits per heavy atom. The summed E-state index contributed by atoms with van der Waals surface area (Å²) < 4.78 is 26.6. The van der Waals surface area contributed by atoms with Gasteiger partial charge in [-0.15, -0.1) is 0 Å². The molecule has 1 fully saturated rings. The summed E-state index contributed by atoms with van der Waals surface area (Å²) in [5, 5.41) is 0. The van der Waals surface area contributed by atoms with Crippen LogP contribution in [-0.2, 0) is 16.4 Å². The summed E-state index contributed by atoms with van der Waals surface area (Å²) in [5.74, 6) is 0. The molecule has 0 atom stereocenters. The summed E-state index contributed by atoms with van der Waals surface area (Å²) in [6, 6.07) is 7.33. The third kappa shape index (κ3) is 2.38. The average Bonchev–Trinajstić information content (AvgIpc) is 3.01. The molecule has 1 aliphatic carbocycles. The number of benzene rings is 1. The molecule has 0 radical (unpaired) electrons. The summed E-state index contributed by atoms with van der Waals surface area (Å²) in [4.78, 5) is 0.430. The zero-order valence-corrected chi connectivity index (χ0v) is 9.55. The van der Waals surface area contributed by atoms with Gasteiger partial charge in [-0.3, -0.25) is 0 Å². The highest BCUT2D eigenvalue weighted by Crippen LogP contribution is 2.23. The quantitative estimate of drug-likeness (QED) is 0.847. The number of hydrogen-bond acceptors (Lipinski definition) is 2. The molecule has 0 aromatic heterocycles. The third-order valence-corrected chi connectivity index (χ3v) is 4.16. The highest BCUT2D eigenvalue weighted by Gasteiger charge is 2.28. The first-order valence-electron chi connectivity index (χ1n) is 5.23. The standard InChI is InChI=1S/C11H15NO2S/c1-2-9-5-3-4-6-11(9)15(13,14)12-10-7-8-10/h3-6,10,12H,2,7-8H2,1H3. The van der Waals surface area contributed by atoms with E-state index in [1.54, 1.807) is 12.1 Å². The molecule has 0 spiro atoms. The van der Waals surface area contributed by atoms with Crippen molar-refractivity contribution in [2.24, 2.45) is 0 Å². The van der Waals surface area contributed by atoms with Crippen molar-refractivity contribution in [3.05, 3.63) is 29.8 Å². The van der Waals surface area contributed by atoms with E-state index in [2.05, 4.69) is 4.72 Å². The van der Waals surface area contributed by atoms with Crippen LogP contribution in [-0.4, -0.2) is 14.5 Å². The van der Waals surface area contributed by atoms with Gasteiger partial charge in [0.1, 0.15) is 0 Å². The summed E-state index contributed by atoms with van der Waals surface area (Å²) in [6.45, 7) is 1.96. The van der Waals surface area contributed by atoms with Gasteiger partial charge < -0.3 is 0 Å². The fourth-order valence-corrected chi connectivity index (χ4v) is 3.16. The highest BCUT2D eigenvalue weighted by molar-refractivity contribution is 7.89. The maximum Gasteiger partial charge on any atom is 0.241 e. The molecule has 1 saturated carbocycles. The van der Waals surface area contributed by atoms with Gasteiger partial charge in [-0.05, 0) is 30.9 Å². The lowest BCUT2D eigenvalue weighted by Gasteiger charge is -2.09. The van der Waals surface area contributed by atoms with Crippen molar-refractivity contribution in [2.45, 2.75) is 37.1 Å². The van der Waals surface area contributed by atoms with Crippen LogP contribution in [0.15, 0.2) is 29.2 Å². The third-order valence-electron chi connectivity index (χ3n) is 2.54. The Morgan fingerprint density at radius 1 is 1.33 bits per heavy atom. The van der Waals surface area contributed by atoms with Crippen molar-refractivity contribution in [1.82, 2.24) is 4.72 Å². The summed E-state index contributed by atoms with van der Waals surface area (Å²) >= 11 is 0. The van der Waals surface area contributed by atoms with Crippen LogP contribution in [0.4, 0.5) is 0 Å². The molecule has 15 heavy (non-hydrogen) atoms. The normalized spacial score (nSPS) is 16.6. The molecular formula is C11H15NO2S. The summed E-state index contributed by atoms with van der Waals surface area (Å²) in [5.41, 5.74) is 0.880. The van der Waals surface area contributed by atoms with E-state index >= 15 is 0 Å². The van der Waals surface area contributed by atoms with Crippen LogP contribution < -0.4 is 4.72 Å². The fourth-order valence-electron chi connectivity index (χ4n) is 1.54. The highest BCUT2D eigenvalue weighted by atomic mass is 32.2. The Kier molecular flexibility index (Phi) is 2.80. The Labute approximate surface area is 90.6 Å². The Bertz CT molecular complexity index is 449. The predicted octanol–water partition coefficient (Wildman–Crippen LogP) is 1.69. The lowest BCUT2D eigenvalue weighted by Crippen LogP contribution is -2.26. The minimum atomic E-state index is -3.29. The average molecular weight is 225 g/mol. The number of aryl methyl sites for hydroxylation is 1. The summed E-state index contributed by atoms with van der Waals surface area (Å²) in [7, 11) is -3.29. The molecule has 1 aliphatic rings. The molecule has 4 heteroatoms. The molecule has 0 bridgehead atoms. The van der Waals surface area contributed by atoms with Crippen LogP contribution >= 0.6 is 0 Å². The molecule has 1 aromatic carbocycles. The first kappa shape index (κ1) is 10.6. The van der Waals surface area contributed by atoms with E-state index in [-0.39, 0.29) is 6.04 Å². The van der Waals surface area contributed by atoms with E-state index in [0.717, 1.165) is 24.8 Å². The first-order valence-corrected chi connectivity index (χ1v) is 6.72. The Balaban J connectivity index is 2.34. The van der Waals surface area contributed by atoms with E-state index in [9.17, 15) is 8.42 Å². The lowest BCUT2D eigenvalue weighted by atomic mass is 10.2. The van der Waals surface area contributed by atoms with Crippen molar-refractivity contribution < 1.29 is 8.42 Å². The zero-order valence-electron chi connectivity index (χ0n) is 8.73. The van der Waals surface area contributed by atoms with Gasteiger partial charge in [-0.2, -0.15) is 0 Å². The molecule has 0 amide bonds. The Morgan fingerprint density at radius 3 is 2.60 bits per heavy atom. The number of nitrogens with one attached hydrogen (secondary N) is 1. The first-order chi connectivity index (χ1) is 7.13. The van der Waals surface area contributed by atoms with Crippen LogP contribution in [0.25, 0.3) is 0 Å². The SMILES string of the molecule is CCc1ccccc1S(=O)(=O)NC1CC1. The molecule has 1 N–H and O–H groups in total. The van der Waals surface area contributed by atoms with Crippen LogP contribution in [0.2, 0.25) is 0 Å². The molecule has 0 saturated heterocycles. The van der Waals surface area contributed by atoms with Crippen molar-refractivity contribution in [2.75, 3.05) is 0 Å². The van der Waals surface area contributed by atoms with E-state index in [1.165, 1.54) is 0 Å². The van der Waals surface area contributed by atoms with Crippen molar-refractivity contribution in [3.63, 3.8) is 0 Å². The van der Waals surface area contributed by atoms with E-state index < -0.39 is 10.0 Å². The fraction of sp³-hybridized carbons (Fsp3) is 0.455. The van der Waals surface area contributed by atoms with Crippen LogP contribution in [0, 0.1) is 0 Å². The monoisotopic (exact) mass is 225 g/mol. The minimum absolute atomic E-state index is 0.167. The molecule has 2 rings (SSSR count). The summed E-state index contributed by atoms with van der Waals surface area (Å²) in [6.07, 6.45) is 2.67. The van der Waals surface area contributed by atoms with Gasteiger partial charge >= 0.3 is 0 Å². The minimum Gasteiger partial charge on any atom is -0.208 e. The lowest BCUT2D eigenvalue weighted by molar-refractivity contribution is 0.580. The van der Waals surface area contributed by atoms with Gasteiger partial charge in [-0.25, -0.2) is 13.1 Å². The molecule has 1 aromatic rings. The van der Waals surface area contributed by atoms with Crippen molar-refractivity contribution >= 4 is 10.0 Å². The zero-order chi connectivity index (χ0) is 10.9. The van der Waals surface area contributed by atoms with E-state index in [4.69, 9.17) is 0 Å². The molecule has 0 unspecified atom stereocenters. The Hall–Kier alpha value is -0.870. The molecular weight excluding hydrogens is 210 g/mol. The predicted molar refractivity (Wildman–Crippen MR) is 59.2 cm³/mol. The van der Waals surface area contributed by atoms with Gasteiger partial charge in [0, 0.05) is 6.04 Å².